The maximum Gasteiger partial charge on any atom is 0.433 e. The van der Waals surface area contributed by atoms with Crippen LogP contribution in [0.5, 0.6) is 0 Å². The van der Waals surface area contributed by atoms with Gasteiger partial charge < -0.3 is 21.3 Å². The molecule has 0 aliphatic carbocycles. The van der Waals surface area contributed by atoms with Crippen LogP contribution in [0.15, 0.2) is 36.5 Å². The summed E-state index contributed by atoms with van der Waals surface area (Å²) in [6.07, 6.45) is -3.70. The lowest BCUT2D eigenvalue weighted by molar-refractivity contribution is -0.141. The summed E-state index contributed by atoms with van der Waals surface area (Å²) in [5, 5.41) is 9.61. The molecule has 0 saturated carbocycles. The topological polar surface area (TPSA) is 146 Å². The van der Waals surface area contributed by atoms with Crippen LogP contribution in [-0.2, 0) is 20.6 Å². The highest BCUT2D eigenvalue weighted by Crippen LogP contribution is 2.28. The molecule has 3 rings (SSSR count). The summed E-state index contributed by atoms with van der Waals surface area (Å²) in [7, 11) is 1.23. The fourth-order valence-electron chi connectivity index (χ4n) is 3.64. The summed E-state index contributed by atoms with van der Waals surface area (Å²) in [5.74, 6) is -4.79. The van der Waals surface area contributed by atoms with Crippen molar-refractivity contribution in [1.82, 2.24) is 20.9 Å². The van der Waals surface area contributed by atoms with E-state index in [1.54, 1.807) is 0 Å². The summed E-state index contributed by atoms with van der Waals surface area (Å²) in [4.78, 5) is 65.6. The molecule has 4 amide bonds. The second kappa shape index (κ2) is 11.4. The van der Waals surface area contributed by atoms with Crippen molar-refractivity contribution in [2.75, 3.05) is 18.9 Å². The number of nitrogens with zero attached hydrogens (tertiary/aromatic N) is 1. The number of likely N-dealkylation sites (N-methyl/N-ethyl adjacent to an activating group) is 1. The lowest BCUT2D eigenvalue weighted by Gasteiger charge is -2.20. The molecule has 1 fully saturated rings. The van der Waals surface area contributed by atoms with E-state index in [9.17, 15) is 37.1 Å². The maximum absolute atomic E-state index is 13.1. The van der Waals surface area contributed by atoms with Gasteiger partial charge in [-0.05, 0) is 43.2 Å². The average molecular weight is 540 g/mol. The van der Waals surface area contributed by atoms with E-state index in [1.807, 2.05) is 0 Å². The number of ketones is 1. The van der Waals surface area contributed by atoms with Crippen molar-refractivity contribution >= 4 is 46.7 Å². The molecule has 0 spiro atoms. The number of alkyl halides is 3. The molecular weight excluding hydrogens is 519 g/mol. The van der Waals surface area contributed by atoms with Crippen LogP contribution in [0.2, 0.25) is 5.02 Å². The quantitative estimate of drug-likeness (QED) is 0.377. The third-order valence-electron chi connectivity index (χ3n) is 5.54. The number of pyridine rings is 1. The smallest absolute Gasteiger partial charge is 0.356 e. The number of aromatic nitrogens is 1. The summed E-state index contributed by atoms with van der Waals surface area (Å²) in [5.41, 5.74) is -2.00. The van der Waals surface area contributed by atoms with Gasteiger partial charge in [0.15, 0.2) is 0 Å². The Morgan fingerprint density at radius 3 is 2.51 bits per heavy atom. The highest BCUT2D eigenvalue weighted by atomic mass is 35.5. The van der Waals surface area contributed by atoms with Gasteiger partial charge in [0.25, 0.3) is 17.7 Å². The van der Waals surface area contributed by atoms with Crippen LogP contribution in [0.4, 0.5) is 18.9 Å². The molecule has 196 valence electrons. The standard InChI is InChI=1S/C23H21ClF3N5O5/c1-28-22(37)18(33)16(8-11-5-7-30-19(11)34)32-21(36)14-10-13(24)2-3-15(14)31-20(35)12-4-6-29-17(9-12)23(25,26)27/h2-4,6,9-11,16H,5,7-8H2,1H3,(H,28,37)(H,30,34)(H,31,35)(H,32,36)/t11-,16-/m0/s1. The van der Waals surface area contributed by atoms with Gasteiger partial charge in [0.2, 0.25) is 11.7 Å². The number of anilines is 1. The van der Waals surface area contributed by atoms with Crippen molar-refractivity contribution in [2.45, 2.75) is 25.1 Å². The van der Waals surface area contributed by atoms with Gasteiger partial charge in [0, 0.05) is 36.3 Å². The van der Waals surface area contributed by atoms with E-state index in [2.05, 4.69) is 26.3 Å². The highest BCUT2D eigenvalue weighted by Gasteiger charge is 2.35. The van der Waals surface area contributed by atoms with Crippen molar-refractivity contribution in [3.8, 4) is 0 Å². The number of hydrogen-bond acceptors (Lipinski definition) is 6. The first-order valence-corrected chi connectivity index (χ1v) is 11.3. The number of halogens is 4. The van der Waals surface area contributed by atoms with Crippen LogP contribution >= 0.6 is 11.6 Å². The number of hydrogen-bond donors (Lipinski definition) is 4. The van der Waals surface area contributed by atoms with E-state index in [1.165, 1.54) is 25.2 Å². The van der Waals surface area contributed by atoms with E-state index < -0.39 is 47.3 Å². The third kappa shape index (κ3) is 6.82. The zero-order valence-electron chi connectivity index (χ0n) is 19.2. The second-order valence-electron chi connectivity index (χ2n) is 8.05. The monoisotopic (exact) mass is 539 g/mol. The van der Waals surface area contributed by atoms with Crippen LogP contribution in [0.25, 0.3) is 0 Å². The van der Waals surface area contributed by atoms with Crippen LogP contribution in [0.3, 0.4) is 0 Å². The van der Waals surface area contributed by atoms with Crippen molar-refractivity contribution in [3.05, 3.63) is 58.4 Å². The molecule has 1 aromatic heterocycles. The summed E-state index contributed by atoms with van der Waals surface area (Å²) in [6.45, 7) is 0.383. The van der Waals surface area contributed by atoms with Gasteiger partial charge in [-0.3, -0.25) is 29.0 Å². The summed E-state index contributed by atoms with van der Waals surface area (Å²) in [6, 6.07) is 3.99. The Balaban J connectivity index is 1.86. The molecule has 0 unspecified atom stereocenters. The van der Waals surface area contributed by atoms with E-state index in [4.69, 9.17) is 11.6 Å². The molecule has 0 bridgehead atoms. The minimum absolute atomic E-state index is 0.0794. The molecule has 0 radical (unpaired) electrons. The minimum atomic E-state index is -4.77. The van der Waals surface area contributed by atoms with E-state index in [0.717, 1.165) is 12.3 Å². The molecule has 1 aromatic carbocycles. The fraction of sp³-hybridized carbons (Fsp3) is 0.304. The van der Waals surface area contributed by atoms with E-state index >= 15 is 0 Å². The fourth-order valence-corrected chi connectivity index (χ4v) is 3.81. The molecule has 10 nitrogen and oxygen atoms in total. The first-order chi connectivity index (χ1) is 17.4. The minimum Gasteiger partial charge on any atom is -0.356 e. The Morgan fingerprint density at radius 1 is 1.16 bits per heavy atom. The second-order valence-corrected chi connectivity index (χ2v) is 8.49. The zero-order chi connectivity index (χ0) is 27.3. The molecule has 37 heavy (non-hydrogen) atoms. The third-order valence-corrected chi connectivity index (χ3v) is 5.78. The van der Waals surface area contributed by atoms with E-state index in [0.29, 0.717) is 19.0 Å². The molecule has 2 atom stereocenters. The van der Waals surface area contributed by atoms with Gasteiger partial charge in [0.1, 0.15) is 5.69 Å². The van der Waals surface area contributed by atoms with Gasteiger partial charge in [-0.25, -0.2) is 0 Å². The number of nitrogens with one attached hydrogen (secondary N) is 4. The Bertz CT molecular complexity index is 1250. The number of carbonyl (C=O) groups is 5. The Labute approximate surface area is 213 Å². The first kappa shape index (κ1) is 27.6. The van der Waals surface area contributed by atoms with Gasteiger partial charge in [-0.1, -0.05) is 11.6 Å². The van der Waals surface area contributed by atoms with Gasteiger partial charge in [0.05, 0.1) is 17.3 Å². The Hall–Kier alpha value is -4.00. The van der Waals surface area contributed by atoms with Crippen molar-refractivity contribution in [1.29, 1.82) is 0 Å². The lowest BCUT2D eigenvalue weighted by atomic mass is 9.95. The lowest BCUT2D eigenvalue weighted by Crippen LogP contribution is -2.48. The largest absolute Gasteiger partial charge is 0.433 e. The van der Waals surface area contributed by atoms with Crippen LogP contribution in [-0.4, -0.2) is 54.0 Å². The van der Waals surface area contributed by atoms with Gasteiger partial charge in [-0.15, -0.1) is 0 Å². The number of Topliss-reactive ketones (excluding diaryl/α,β-unsaturated/α-hetero) is 1. The van der Waals surface area contributed by atoms with Gasteiger partial charge >= 0.3 is 6.18 Å². The SMILES string of the molecule is CNC(=O)C(=O)[C@H](C[C@@H]1CCNC1=O)NC(=O)c1cc(Cl)ccc1NC(=O)c1ccnc(C(F)(F)F)c1. The molecule has 4 N–H and O–H groups in total. The Kier molecular flexibility index (Phi) is 8.48. The van der Waals surface area contributed by atoms with Gasteiger partial charge in [-0.2, -0.15) is 13.2 Å². The summed E-state index contributed by atoms with van der Waals surface area (Å²) < 4.78 is 38.9. The normalized spacial score (nSPS) is 15.9. The van der Waals surface area contributed by atoms with E-state index in [-0.39, 0.29) is 34.2 Å². The van der Waals surface area contributed by atoms with Crippen molar-refractivity contribution in [3.63, 3.8) is 0 Å². The number of benzene rings is 1. The molecule has 1 saturated heterocycles. The molecule has 2 heterocycles. The van der Waals surface area contributed by atoms with Crippen LogP contribution in [0, 0.1) is 5.92 Å². The van der Waals surface area contributed by atoms with Crippen molar-refractivity contribution < 1.29 is 37.1 Å². The number of amides is 4. The predicted molar refractivity (Wildman–Crippen MR) is 125 cm³/mol. The Morgan fingerprint density at radius 2 is 1.89 bits per heavy atom. The first-order valence-electron chi connectivity index (χ1n) is 10.9. The molecule has 1 aliphatic rings. The highest BCUT2D eigenvalue weighted by molar-refractivity contribution is 6.38. The van der Waals surface area contributed by atoms with Crippen LogP contribution < -0.4 is 21.3 Å². The number of carbonyl (C=O) groups excluding carboxylic acids is 5. The average Bonchev–Trinajstić information content (AvgIpc) is 3.27. The zero-order valence-corrected chi connectivity index (χ0v) is 20.0. The molecule has 1 aliphatic heterocycles. The molecule has 2 aromatic rings. The van der Waals surface area contributed by atoms with Crippen molar-refractivity contribution in [2.24, 2.45) is 5.92 Å². The predicted octanol–water partition coefficient (Wildman–Crippen LogP) is 1.95. The summed E-state index contributed by atoms with van der Waals surface area (Å²) >= 11 is 6.00. The maximum atomic E-state index is 13.1. The number of rotatable bonds is 8. The van der Waals surface area contributed by atoms with Crippen LogP contribution in [0.1, 0.15) is 39.3 Å². The molecule has 14 heteroatoms. The molecular formula is C23H21ClF3N5O5.